The lowest BCUT2D eigenvalue weighted by molar-refractivity contribution is -0.113. The van der Waals surface area contributed by atoms with Gasteiger partial charge in [0.2, 0.25) is 18.6 Å². The second-order valence-corrected chi connectivity index (χ2v) is 6.66. The van der Waals surface area contributed by atoms with Gasteiger partial charge < -0.3 is 23.9 Å². The van der Waals surface area contributed by atoms with Crippen LogP contribution in [0.3, 0.4) is 0 Å². The molecule has 1 aliphatic rings. The molecular weight excluding hydrogens is 382 g/mol. The molecule has 2 aromatic carbocycles. The Bertz CT molecular complexity index is 974. The van der Waals surface area contributed by atoms with Crippen LogP contribution in [0.5, 0.6) is 17.2 Å². The Kier molecular flexibility index (Phi) is 5.34. The number of rotatable bonds is 7. The SMILES string of the molecule is CCOc1ccc(-c2nnc(SCC(=O)Nc3ccc4c(c3)OCO4)o2)cc1. The fourth-order valence-electron chi connectivity index (χ4n) is 2.54. The van der Waals surface area contributed by atoms with Crippen molar-refractivity contribution in [3.05, 3.63) is 42.5 Å². The average Bonchev–Trinajstić information content (AvgIpc) is 3.36. The van der Waals surface area contributed by atoms with Crippen LogP contribution in [-0.2, 0) is 4.79 Å². The van der Waals surface area contributed by atoms with Gasteiger partial charge in [-0.2, -0.15) is 0 Å². The minimum atomic E-state index is -0.190. The third-order valence-corrected chi connectivity index (χ3v) is 4.62. The molecule has 0 bridgehead atoms. The van der Waals surface area contributed by atoms with E-state index in [0.717, 1.165) is 11.3 Å². The Morgan fingerprint density at radius 2 is 1.96 bits per heavy atom. The summed E-state index contributed by atoms with van der Waals surface area (Å²) >= 11 is 1.17. The molecule has 1 aliphatic heterocycles. The second kappa shape index (κ2) is 8.22. The lowest BCUT2D eigenvalue weighted by Gasteiger charge is -2.05. The number of anilines is 1. The van der Waals surface area contributed by atoms with Crippen molar-refractivity contribution >= 4 is 23.4 Å². The molecule has 0 spiro atoms. The second-order valence-electron chi connectivity index (χ2n) is 5.74. The maximum absolute atomic E-state index is 12.2. The Morgan fingerprint density at radius 1 is 1.14 bits per heavy atom. The molecule has 1 amide bonds. The molecule has 0 atom stereocenters. The first-order valence-corrected chi connectivity index (χ1v) is 9.59. The van der Waals surface area contributed by atoms with Gasteiger partial charge in [-0.25, -0.2) is 0 Å². The van der Waals surface area contributed by atoms with Crippen LogP contribution in [0.2, 0.25) is 0 Å². The first kappa shape index (κ1) is 18.2. The van der Waals surface area contributed by atoms with Crippen LogP contribution in [0.1, 0.15) is 6.92 Å². The summed E-state index contributed by atoms with van der Waals surface area (Å²) in [5.41, 5.74) is 1.42. The predicted molar refractivity (Wildman–Crippen MR) is 103 cm³/mol. The van der Waals surface area contributed by atoms with E-state index < -0.39 is 0 Å². The van der Waals surface area contributed by atoms with E-state index in [1.807, 2.05) is 31.2 Å². The van der Waals surface area contributed by atoms with Gasteiger partial charge >= 0.3 is 0 Å². The van der Waals surface area contributed by atoms with E-state index in [1.165, 1.54) is 11.8 Å². The van der Waals surface area contributed by atoms with E-state index in [0.29, 0.717) is 34.9 Å². The zero-order valence-electron chi connectivity index (χ0n) is 15.0. The molecular formula is C19H17N3O5S. The summed E-state index contributed by atoms with van der Waals surface area (Å²) in [6.07, 6.45) is 0. The van der Waals surface area contributed by atoms with Gasteiger partial charge in [0.1, 0.15) is 5.75 Å². The van der Waals surface area contributed by atoms with Crippen molar-refractivity contribution in [2.24, 2.45) is 0 Å². The quantitative estimate of drug-likeness (QED) is 0.602. The molecule has 9 heteroatoms. The Balaban J connectivity index is 1.32. The summed E-state index contributed by atoms with van der Waals surface area (Å²) in [5, 5.41) is 11.1. The molecule has 28 heavy (non-hydrogen) atoms. The van der Waals surface area contributed by atoms with Gasteiger partial charge in [0, 0.05) is 17.3 Å². The van der Waals surface area contributed by atoms with Gasteiger partial charge in [0.25, 0.3) is 5.22 Å². The van der Waals surface area contributed by atoms with E-state index in [2.05, 4.69) is 15.5 Å². The van der Waals surface area contributed by atoms with Gasteiger partial charge in [0.05, 0.1) is 12.4 Å². The monoisotopic (exact) mass is 399 g/mol. The van der Waals surface area contributed by atoms with Gasteiger partial charge in [-0.3, -0.25) is 4.79 Å². The van der Waals surface area contributed by atoms with Crippen LogP contribution >= 0.6 is 11.8 Å². The molecule has 3 aromatic rings. The van der Waals surface area contributed by atoms with Crippen LogP contribution in [-0.4, -0.2) is 35.3 Å². The molecule has 0 aliphatic carbocycles. The van der Waals surface area contributed by atoms with Crippen molar-refractivity contribution in [3.8, 4) is 28.7 Å². The maximum Gasteiger partial charge on any atom is 0.277 e. The first-order valence-electron chi connectivity index (χ1n) is 8.60. The molecule has 0 radical (unpaired) electrons. The van der Waals surface area contributed by atoms with Gasteiger partial charge in [0.15, 0.2) is 11.5 Å². The highest BCUT2D eigenvalue weighted by Gasteiger charge is 2.15. The fraction of sp³-hybridized carbons (Fsp3) is 0.211. The summed E-state index contributed by atoms with van der Waals surface area (Å²) < 4.78 is 21.6. The van der Waals surface area contributed by atoms with E-state index >= 15 is 0 Å². The first-order chi connectivity index (χ1) is 13.7. The number of carbonyl (C=O) groups excluding carboxylic acids is 1. The number of benzene rings is 2. The lowest BCUT2D eigenvalue weighted by Crippen LogP contribution is -2.13. The van der Waals surface area contributed by atoms with E-state index in [4.69, 9.17) is 18.6 Å². The van der Waals surface area contributed by atoms with Crippen molar-refractivity contribution in [2.45, 2.75) is 12.1 Å². The third-order valence-electron chi connectivity index (χ3n) is 3.80. The number of ether oxygens (including phenoxy) is 3. The highest BCUT2D eigenvalue weighted by Crippen LogP contribution is 2.34. The van der Waals surface area contributed by atoms with Crippen molar-refractivity contribution in [1.82, 2.24) is 10.2 Å². The van der Waals surface area contributed by atoms with Crippen LogP contribution in [0, 0.1) is 0 Å². The minimum absolute atomic E-state index is 0.138. The fourth-order valence-corrected chi connectivity index (χ4v) is 3.11. The third kappa shape index (κ3) is 4.20. The average molecular weight is 399 g/mol. The Labute approximate surface area is 165 Å². The highest BCUT2D eigenvalue weighted by molar-refractivity contribution is 7.99. The van der Waals surface area contributed by atoms with Crippen LogP contribution in [0.15, 0.2) is 52.1 Å². The van der Waals surface area contributed by atoms with Crippen molar-refractivity contribution in [3.63, 3.8) is 0 Å². The number of fused-ring (bicyclic) bond motifs is 1. The maximum atomic E-state index is 12.2. The number of nitrogens with zero attached hydrogens (tertiary/aromatic N) is 2. The number of nitrogens with one attached hydrogen (secondary N) is 1. The van der Waals surface area contributed by atoms with Crippen molar-refractivity contribution < 1.29 is 23.4 Å². The molecule has 1 N–H and O–H groups in total. The summed E-state index contributed by atoms with van der Waals surface area (Å²) in [5.74, 6) is 2.40. The molecule has 1 aromatic heterocycles. The summed E-state index contributed by atoms with van der Waals surface area (Å²) in [6, 6.07) is 12.6. The Morgan fingerprint density at radius 3 is 2.79 bits per heavy atom. The zero-order chi connectivity index (χ0) is 19.3. The van der Waals surface area contributed by atoms with E-state index in [9.17, 15) is 4.79 Å². The number of amides is 1. The van der Waals surface area contributed by atoms with Gasteiger partial charge in [-0.05, 0) is 43.3 Å². The molecule has 0 fully saturated rings. The minimum Gasteiger partial charge on any atom is -0.494 e. The standard InChI is InChI=1S/C19H17N3O5S/c1-2-24-14-6-3-12(4-7-14)18-21-22-19(27-18)28-10-17(23)20-13-5-8-15-16(9-13)26-11-25-15/h3-9H,2,10-11H2,1H3,(H,20,23). The number of carbonyl (C=O) groups is 1. The highest BCUT2D eigenvalue weighted by atomic mass is 32.2. The zero-order valence-corrected chi connectivity index (χ0v) is 15.8. The van der Waals surface area contributed by atoms with Crippen LogP contribution in [0.4, 0.5) is 5.69 Å². The largest absolute Gasteiger partial charge is 0.494 e. The molecule has 0 saturated heterocycles. The predicted octanol–water partition coefficient (Wildman–Crippen LogP) is 3.59. The molecule has 8 nitrogen and oxygen atoms in total. The molecule has 0 unspecified atom stereocenters. The van der Waals surface area contributed by atoms with Gasteiger partial charge in [-0.1, -0.05) is 11.8 Å². The molecule has 2 heterocycles. The van der Waals surface area contributed by atoms with E-state index in [-0.39, 0.29) is 18.5 Å². The topological polar surface area (TPSA) is 95.7 Å². The summed E-state index contributed by atoms with van der Waals surface area (Å²) in [7, 11) is 0. The number of hydrogen-bond acceptors (Lipinski definition) is 8. The normalized spacial score (nSPS) is 12.0. The van der Waals surface area contributed by atoms with Crippen molar-refractivity contribution in [1.29, 1.82) is 0 Å². The number of thioether (sulfide) groups is 1. The van der Waals surface area contributed by atoms with Crippen molar-refractivity contribution in [2.75, 3.05) is 24.5 Å². The van der Waals surface area contributed by atoms with Crippen LogP contribution < -0.4 is 19.5 Å². The lowest BCUT2D eigenvalue weighted by atomic mass is 10.2. The van der Waals surface area contributed by atoms with Crippen LogP contribution in [0.25, 0.3) is 11.5 Å². The Hall–Kier alpha value is -3.20. The smallest absolute Gasteiger partial charge is 0.277 e. The number of hydrogen-bond donors (Lipinski definition) is 1. The summed E-state index contributed by atoms with van der Waals surface area (Å²) in [6.45, 7) is 2.73. The molecule has 144 valence electrons. The van der Waals surface area contributed by atoms with E-state index in [1.54, 1.807) is 18.2 Å². The number of aromatic nitrogens is 2. The summed E-state index contributed by atoms with van der Waals surface area (Å²) in [4.78, 5) is 12.2. The molecule has 0 saturated carbocycles. The molecule has 4 rings (SSSR count). The van der Waals surface area contributed by atoms with Gasteiger partial charge in [-0.15, -0.1) is 10.2 Å².